The number of hydrogen-bond donors (Lipinski definition) is 2. The van der Waals surface area contributed by atoms with E-state index in [2.05, 4.69) is 10.6 Å². The van der Waals surface area contributed by atoms with E-state index < -0.39 is 0 Å². The van der Waals surface area contributed by atoms with Gasteiger partial charge in [0.1, 0.15) is 5.76 Å². The van der Waals surface area contributed by atoms with Gasteiger partial charge in [0.15, 0.2) is 3.77 Å². The number of ether oxygens (including phenoxy) is 1. The molecule has 2 N–H and O–H groups in total. The first-order valence-corrected chi connectivity index (χ1v) is 6.66. The number of nitrogens with one attached hydrogen (secondary N) is 2. The van der Waals surface area contributed by atoms with Crippen LogP contribution in [0.15, 0.2) is 22.6 Å². The third-order valence-corrected chi connectivity index (χ3v) is 2.62. The Bertz CT molecular complexity index is 456. The van der Waals surface area contributed by atoms with Crippen LogP contribution < -0.4 is 10.6 Å². The monoisotopic (exact) mass is 378 g/mol. The maximum Gasteiger partial charge on any atom is 0.244 e. The van der Waals surface area contributed by atoms with Crippen LogP contribution in [0.25, 0.3) is 6.08 Å². The van der Waals surface area contributed by atoms with Gasteiger partial charge in [-0.05, 0) is 40.8 Å². The largest absolute Gasteiger partial charge is 0.451 e. The summed E-state index contributed by atoms with van der Waals surface area (Å²) in [6.07, 6.45) is 2.86. The minimum absolute atomic E-state index is 0.0669. The van der Waals surface area contributed by atoms with E-state index in [-0.39, 0.29) is 18.4 Å². The number of hydrogen-bond acceptors (Lipinski definition) is 4. The molecule has 1 aromatic heterocycles. The molecule has 0 unspecified atom stereocenters. The SMILES string of the molecule is COCCNC(=O)CNC(=O)/C=C/c1ccc(I)o1. The Kier molecular flexibility index (Phi) is 7.19. The molecule has 1 rings (SSSR count). The Balaban J connectivity index is 2.24. The molecule has 6 nitrogen and oxygen atoms in total. The Morgan fingerprint density at radius 1 is 1.42 bits per heavy atom. The molecule has 1 heterocycles. The maximum atomic E-state index is 11.4. The highest BCUT2D eigenvalue weighted by molar-refractivity contribution is 14.1. The topological polar surface area (TPSA) is 80.6 Å². The van der Waals surface area contributed by atoms with Gasteiger partial charge in [-0.1, -0.05) is 0 Å². The highest BCUT2D eigenvalue weighted by Crippen LogP contribution is 2.11. The molecule has 0 spiro atoms. The molecule has 0 aliphatic carbocycles. The van der Waals surface area contributed by atoms with E-state index in [1.54, 1.807) is 25.3 Å². The first kappa shape index (κ1) is 15.7. The number of halogens is 1. The summed E-state index contributed by atoms with van der Waals surface area (Å²) in [6, 6.07) is 3.55. The van der Waals surface area contributed by atoms with Crippen molar-refractivity contribution in [2.24, 2.45) is 0 Å². The van der Waals surface area contributed by atoms with Crippen molar-refractivity contribution in [3.05, 3.63) is 27.7 Å². The smallest absolute Gasteiger partial charge is 0.244 e. The maximum absolute atomic E-state index is 11.4. The lowest BCUT2D eigenvalue weighted by molar-refractivity contribution is -0.124. The number of amides is 2. The molecule has 0 saturated heterocycles. The Morgan fingerprint density at radius 3 is 2.84 bits per heavy atom. The van der Waals surface area contributed by atoms with Crippen molar-refractivity contribution in [1.82, 2.24) is 10.6 Å². The number of methoxy groups -OCH3 is 1. The number of furan rings is 1. The van der Waals surface area contributed by atoms with Crippen LogP contribution in [0.3, 0.4) is 0 Å². The average Bonchev–Trinajstić information content (AvgIpc) is 2.80. The van der Waals surface area contributed by atoms with Gasteiger partial charge in [-0.15, -0.1) is 0 Å². The number of carbonyl (C=O) groups is 2. The van der Waals surface area contributed by atoms with Crippen LogP contribution in [-0.2, 0) is 14.3 Å². The minimum Gasteiger partial charge on any atom is -0.451 e. The molecule has 7 heteroatoms. The van der Waals surface area contributed by atoms with Crippen LogP contribution >= 0.6 is 22.6 Å². The fraction of sp³-hybridized carbons (Fsp3) is 0.333. The highest BCUT2D eigenvalue weighted by Gasteiger charge is 2.02. The molecule has 104 valence electrons. The van der Waals surface area contributed by atoms with Gasteiger partial charge in [0.2, 0.25) is 11.8 Å². The summed E-state index contributed by atoms with van der Waals surface area (Å²) in [5.41, 5.74) is 0. The van der Waals surface area contributed by atoms with Gasteiger partial charge in [0.05, 0.1) is 13.2 Å². The minimum atomic E-state index is -0.353. The summed E-state index contributed by atoms with van der Waals surface area (Å²) < 4.78 is 10.8. The molecule has 19 heavy (non-hydrogen) atoms. The van der Waals surface area contributed by atoms with Gasteiger partial charge in [-0.3, -0.25) is 9.59 Å². The second kappa shape index (κ2) is 8.70. The summed E-state index contributed by atoms with van der Waals surface area (Å²) in [6.45, 7) is 0.797. The molecule has 0 aliphatic rings. The van der Waals surface area contributed by atoms with Crippen LogP contribution in [0, 0.1) is 3.77 Å². The zero-order valence-corrected chi connectivity index (χ0v) is 12.6. The van der Waals surface area contributed by atoms with Gasteiger partial charge in [0, 0.05) is 19.7 Å². The van der Waals surface area contributed by atoms with E-state index in [0.29, 0.717) is 18.9 Å². The van der Waals surface area contributed by atoms with Crippen molar-refractivity contribution in [2.45, 2.75) is 0 Å². The van der Waals surface area contributed by atoms with Gasteiger partial charge in [-0.2, -0.15) is 0 Å². The van der Waals surface area contributed by atoms with Crippen LogP contribution in [0.2, 0.25) is 0 Å². The lowest BCUT2D eigenvalue weighted by atomic mass is 10.4. The van der Waals surface area contributed by atoms with Crippen molar-refractivity contribution >= 4 is 40.5 Å². The Morgan fingerprint density at radius 2 is 2.21 bits per heavy atom. The molecule has 2 amide bonds. The molecule has 0 radical (unpaired) electrons. The zero-order chi connectivity index (χ0) is 14.1. The van der Waals surface area contributed by atoms with Crippen molar-refractivity contribution in [3.63, 3.8) is 0 Å². The first-order valence-electron chi connectivity index (χ1n) is 5.58. The molecule has 0 aromatic carbocycles. The fourth-order valence-corrected chi connectivity index (χ4v) is 1.59. The molecular weight excluding hydrogens is 363 g/mol. The first-order chi connectivity index (χ1) is 9.11. The molecule has 0 aliphatic heterocycles. The van der Waals surface area contributed by atoms with Crippen LogP contribution in [0.1, 0.15) is 5.76 Å². The van der Waals surface area contributed by atoms with Gasteiger partial charge in [0.25, 0.3) is 0 Å². The standard InChI is InChI=1S/C12H15IN2O4/c1-18-7-6-14-12(17)8-15-11(16)5-3-9-2-4-10(13)19-9/h2-5H,6-8H2,1H3,(H,14,17)(H,15,16)/b5-3+. The van der Waals surface area contributed by atoms with Gasteiger partial charge < -0.3 is 19.8 Å². The van der Waals surface area contributed by atoms with E-state index in [0.717, 1.165) is 3.77 Å². The van der Waals surface area contributed by atoms with Gasteiger partial charge >= 0.3 is 0 Å². The van der Waals surface area contributed by atoms with Gasteiger partial charge in [-0.25, -0.2) is 0 Å². The molecule has 0 saturated carbocycles. The van der Waals surface area contributed by atoms with Crippen molar-refractivity contribution in [2.75, 3.05) is 26.8 Å². The van der Waals surface area contributed by atoms with E-state index in [9.17, 15) is 9.59 Å². The Hall–Kier alpha value is -1.35. The third kappa shape index (κ3) is 6.97. The van der Waals surface area contributed by atoms with Crippen LogP contribution in [0.5, 0.6) is 0 Å². The lowest BCUT2D eigenvalue weighted by Crippen LogP contribution is -2.37. The summed E-state index contributed by atoms with van der Waals surface area (Å²) in [5, 5.41) is 5.06. The van der Waals surface area contributed by atoms with Crippen molar-refractivity contribution in [3.8, 4) is 0 Å². The van der Waals surface area contributed by atoms with Crippen LogP contribution in [-0.4, -0.2) is 38.6 Å². The normalized spacial score (nSPS) is 10.6. The summed E-state index contributed by atoms with van der Waals surface area (Å²) >= 11 is 2.03. The van der Waals surface area contributed by atoms with E-state index in [1.165, 1.54) is 6.08 Å². The molecule has 0 bridgehead atoms. The second-order valence-corrected chi connectivity index (χ2v) is 4.60. The van der Waals surface area contributed by atoms with E-state index >= 15 is 0 Å². The molecule has 1 aromatic rings. The third-order valence-electron chi connectivity index (χ3n) is 2.04. The number of carbonyl (C=O) groups excluding carboxylic acids is 2. The van der Waals surface area contributed by atoms with E-state index in [1.807, 2.05) is 22.6 Å². The summed E-state index contributed by atoms with van der Waals surface area (Å²) in [4.78, 5) is 22.7. The molecular formula is C12H15IN2O4. The zero-order valence-electron chi connectivity index (χ0n) is 10.4. The van der Waals surface area contributed by atoms with Crippen LogP contribution in [0.4, 0.5) is 0 Å². The number of rotatable bonds is 7. The second-order valence-electron chi connectivity index (χ2n) is 3.54. The lowest BCUT2D eigenvalue weighted by Gasteiger charge is -2.04. The molecule has 0 fully saturated rings. The average molecular weight is 378 g/mol. The highest BCUT2D eigenvalue weighted by atomic mass is 127. The fourth-order valence-electron chi connectivity index (χ4n) is 1.16. The predicted molar refractivity (Wildman–Crippen MR) is 78.4 cm³/mol. The predicted octanol–water partition coefficient (Wildman–Crippen LogP) is 0.776. The summed E-state index contributed by atoms with van der Waals surface area (Å²) in [5.74, 6) is -0.0243. The quantitative estimate of drug-likeness (QED) is 0.418. The Labute approximate surface area is 124 Å². The van der Waals surface area contributed by atoms with Crippen molar-refractivity contribution < 1.29 is 18.7 Å². The van der Waals surface area contributed by atoms with E-state index in [4.69, 9.17) is 9.15 Å². The van der Waals surface area contributed by atoms with Crippen molar-refractivity contribution in [1.29, 1.82) is 0 Å². The summed E-state index contributed by atoms with van der Waals surface area (Å²) in [7, 11) is 1.55. The molecule has 0 atom stereocenters.